The third kappa shape index (κ3) is 3.17. The molecule has 5 rings (SSSR count). The van der Waals surface area contributed by atoms with E-state index in [9.17, 15) is 0 Å². The molecule has 2 N–H and O–H groups in total. The summed E-state index contributed by atoms with van der Waals surface area (Å²) >= 11 is 0. The Morgan fingerprint density at radius 3 is 2.45 bits per heavy atom. The number of rotatable bonds is 4. The van der Waals surface area contributed by atoms with E-state index < -0.39 is 0 Å². The Balaban J connectivity index is 1.68. The monoisotopic (exact) mass is 380 g/mol. The van der Waals surface area contributed by atoms with Crippen LogP contribution >= 0.6 is 0 Å². The molecule has 3 aromatic carbocycles. The van der Waals surface area contributed by atoms with Crippen molar-refractivity contribution in [2.75, 3.05) is 12.4 Å². The number of aromatic nitrogens is 3. The SMILES string of the molecule is COc1ccc(Nc2cc(C)[nH]c3ccc4nc(-c5ccccc5)nc4c23)cc1. The lowest BCUT2D eigenvalue weighted by Crippen LogP contribution is -1.95. The van der Waals surface area contributed by atoms with Gasteiger partial charge in [-0.1, -0.05) is 30.3 Å². The lowest BCUT2D eigenvalue weighted by molar-refractivity contribution is 0.415. The summed E-state index contributed by atoms with van der Waals surface area (Å²) in [6.45, 7) is 2.05. The van der Waals surface area contributed by atoms with Gasteiger partial charge in [0.2, 0.25) is 0 Å². The average molecular weight is 380 g/mol. The van der Waals surface area contributed by atoms with E-state index >= 15 is 0 Å². The van der Waals surface area contributed by atoms with Crippen molar-refractivity contribution < 1.29 is 4.74 Å². The summed E-state index contributed by atoms with van der Waals surface area (Å²) in [7, 11) is 1.67. The second-order valence-corrected chi connectivity index (χ2v) is 6.99. The summed E-state index contributed by atoms with van der Waals surface area (Å²) in [5.74, 6) is 1.57. The van der Waals surface area contributed by atoms with Gasteiger partial charge >= 0.3 is 0 Å². The minimum atomic E-state index is 0.740. The van der Waals surface area contributed by atoms with Crippen molar-refractivity contribution in [1.82, 2.24) is 15.0 Å². The molecule has 0 bridgehead atoms. The molecule has 0 fully saturated rings. The first kappa shape index (κ1) is 17.3. The van der Waals surface area contributed by atoms with Crippen LogP contribution in [0.15, 0.2) is 72.8 Å². The highest BCUT2D eigenvalue weighted by Crippen LogP contribution is 2.33. The van der Waals surface area contributed by atoms with Crippen LogP contribution in [0, 0.1) is 6.92 Å². The lowest BCUT2D eigenvalue weighted by Gasteiger charge is -2.12. The maximum absolute atomic E-state index is 5.26. The topological polar surface area (TPSA) is 62.8 Å². The fourth-order valence-corrected chi connectivity index (χ4v) is 3.59. The summed E-state index contributed by atoms with van der Waals surface area (Å²) in [6.07, 6.45) is 0. The first-order valence-electron chi connectivity index (χ1n) is 9.48. The van der Waals surface area contributed by atoms with E-state index in [-0.39, 0.29) is 0 Å². The van der Waals surface area contributed by atoms with Crippen molar-refractivity contribution in [2.45, 2.75) is 6.92 Å². The Hall–Kier alpha value is -3.86. The van der Waals surface area contributed by atoms with Gasteiger partial charge < -0.3 is 15.0 Å². The molecule has 0 aliphatic heterocycles. The number of benzene rings is 3. The number of anilines is 2. The summed E-state index contributed by atoms with van der Waals surface area (Å²) in [5, 5.41) is 4.56. The zero-order chi connectivity index (χ0) is 19.8. The maximum atomic E-state index is 5.26. The largest absolute Gasteiger partial charge is 0.497 e. The second kappa shape index (κ2) is 6.95. The molecule has 5 aromatic rings. The standard InChI is InChI=1S/C24H20N4O/c1-15-14-21(26-17-8-10-18(29-2)11-9-17)22-19(25-15)12-13-20-23(22)28-24(27-20)16-6-4-3-5-7-16/h3-14,25-26H,1-2H3. The number of hydrogen-bond acceptors (Lipinski definition) is 4. The zero-order valence-corrected chi connectivity index (χ0v) is 16.2. The molecular formula is C24H20N4O. The Labute approximate surface area is 168 Å². The molecule has 29 heavy (non-hydrogen) atoms. The molecule has 0 atom stereocenters. The molecule has 2 heterocycles. The molecule has 0 saturated carbocycles. The van der Waals surface area contributed by atoms with Crippen LogP contribution in [0.3, 0.4) is 0 Å². The third-order valence-corrected chi connectivity index (χ3v) is 4.96. The van der Waals surface area contributed by atoms with Gasteiger partial charge in [-0.2, -0.15) is 0 Å². The molecule has 5 nitrogen and oxygen atoms in total. The summed E-state index contributed by atoms with van der Waals surface area (Å²) in [5.41, 5.74) is 6.84. The van der Waals surface area contributed by atoms with Crippen LogP contribution in [-0.4, -0.2) is 22.1 Å². The molecular weight excluding hydrogens is 360 g/mol. The van der Waals surface area contributed by atoms with E-state index in [1.165, 1.54) is 0 Å². The quantitative estimate of drug-likeness (QED) is 0.411. The van der Waals surface area contributed by atoms with Gasteiger partial charge in [0.15, 0.2) is 5.82 Å². The van der Waals surface area contributed by atoms with Gasteiger partial charge in [0.1, 0.15) is 11.3 Å². The van der Waals surface area contributed by atoms with Crippen molar-refractivity contribution >= 4 is 33.3 Å². The van der Waals surface area contributed by atoms with Gasteiger partial charge in [0.05, 0.1) is 18.3 Å². The summed E-state index contributed by atoms with van der Waals surface area (Å²) in [6, 6.07) is 24.1. The maximum Gasteiger partial charge on any atom is 0.160 e. The first-order valence-corrected chi connectivity index (χ1v) is 9.48. The van der Waals surface area contributed by atoms with Crippen LogP contribution in [0.25, 0.3) is 33.3 Å². The number of nitrogens with one attached hydrogen (secondary N) is 2. The highest BCUT2D eigenvalue weighted by Gasteiger charge is 2.14. The molecule has 0 radical (unpaired) electrons. The molecule has 0 aliphatic rings. The summed E-state index contributed by atoms with van der Waals surface area (Å²) < 4.78 is 5.26. The number of methoxy groups -OCH3 is 1. The van der Waals surface area contributed by atoms with Gasteiger partial charge in [-0.25, -0.2) is 9.97 Å². The molecule has 0 aliphatic carbocycles. The van der Waals surface area contributed by atoms with Crippen LogP contribution in [0.5, 0.6) is 5.75 Å². The van der Waals surface area contributed by atoms with Crippen LogP contribution in [0.2, 0.25) is 0 Å². The van der Waals surface area contributed by atoms with Crippen molar-refractivity contribution in [2.24, 2.45) is 0 Å². The predicted molar refractivity (Wildman–Crippen MR) is 118 cm³/mol. The number of ether oxygens (including phenoxy) is 1. The number of aryl methyl sites for hydroxylation is 1. The minimum absolute atomic E-state index is 0.740. The Morgan fingerprint density at radius 2 is 1.69 bits per heavy atom. The number of H-pyrrole nitrogens is 1. The van der Waals surface area contributed by atoms with Gasteiger partial charge in [-0.05, 0) is 49.4 Å². The molecule has 0 spiro atoms. The average Bonchev–Trinajstić information content (AvgIpc) is 3.19. The second-order valence-electron chi connectivity index (χ2n) is 6.99. The Morgan fingerprint density at radius 1 is 0.897 bits per heavy atom. The Bertz CT molecular complexity index is 1310. The number of hydrogen-bond donors (Lipinski definition) is 2. The minimum Gasteiger partial charge on any atom is -0.497 e. The first-order chi connectivity index (χ1) is 14.2. The van der Waals surface area contributed by atoms with Gasteiger partial charge in [0, 0.05) is 27.8 Å². The summed E-state index contributed by atoms with van der Waals surface area (Å²) in [4.78, 5) is 13.1. The van der Waals surface area contributed by atoms with Crippen LogP contribution in [-0.2, 0) is 0 Å². The van der Waals surface area contributed by atoms with E-state index in [1.807, 2.05) is 60.7 Å². The van der Waals surface area contributed by atoms with E-state index in [4.69, 9.17) is 14.7 Å². The highest BCUT2D eigenvalue weighted by atomic mass is 16.5. The van der Waals surface area contributed by atoms with Crippen LogP contribution in [0.1, 0.15) is 5.69 Å². The van der Waals surface area contributed by atoms with E-state index in [2.05, 4.69) is 29.4 Å². The molecule has 0 saturated heterocycles. The molecule has 0 unspecified atom stereocenters. The number of fused-ring (bicyclic) bond motifs is 3. The third-order valence-electron chi connectivity index (χ3n) is 4.96. The number of pyridine rings is 1. The number of nitrogens with zero attached hydrogens (tertiary/aromatic N) is 2. The normalized spacial score (nSPS) is 11.1. The highest BCUT2D eigenvalue weighted by molar-refractivity contribution is 6.10. The van der Waals surface area contributed by atoms with Crippen molar-refractivity contribution in [3.8, 4) is 17.1 Å². The van der Waals surface area contributed by atoms with Gasteiger partial charge in [0.25, 0.3) is 0 Å². The lowest BCUT2D eigenvalue weighted by atomic mass is 10.1. The van der Waals surface area contributed by atoms with Crippen molar-refractivity contribution in [3.63, 3.8) is 0 Å². The van der Waals surface area contributed by atoms with E-state index in [0.29, 0.717) is 0 Å². The number of imidazole rings is 1. The predicted octanol–water partition coefficient (Wildman–Crippen LogP) is 5.84. The molecule has 0 amide bonds. The molecule has 2 aromatic heterocycles. The van der Waals surface area contributed by atoms with E-state index in [0.717, 1.165) is 56.1 Å². The van der Waals surface area contributed by atoms with Gasteiger partial charge in [-0.3, -0.25) is 0 Å². The molecule has 142 valence electrons. The van der Waals surface area contributed by atoms with Crippen molar-refractivity contribution in [3.05, 3.63) is 78.5 Å². The van der Waals surface area contributed by atoms with Crippen LogP contribution < -0.4 is 10.1 Å². The molecule has 5 heteroatoms. The van der Waals surface area contributed by atoms with Crippen molar-refractivity contribution in [1.29, 1.82) is 0 Å². The fourth-order valence-electron chi connectivity index (χ4n) is 3.59. The zero-order valence-electron chi connectivity index (χ0n) is 16.2. The van der Waals surface area contributed by atoms with E-state index in [1.54, 1.807) is 7.11 Å². The van der Waals surface area contributed by atoms with Gasteiger partial charge in [-0.15, -0.1) is 0 Å². The number of aromatic amines is 1. The Kier molecular flexibility index (Phi) is 4.13. The van der Waals surface area contributed by atoms with Crippen LogP contribution in [0.4, 0.5) is 11.4 Å². The fraction of sp³-hybridized carbons (Fsp3) is 0.0833. The smallest absolute Gasteiger partial charge is 0.160 e.